The van der Waals surface area contributed by atoms with E-state index in [0.29, 0.717) is 0 Å². The van der Waals surface area contributed by atoms with E-state index in [2.05, 4.69) is 29.4 Å². The van der Waals surface area contributed by atoms with E-state index in [-0.39, 0.29) is 11.8 Å². The highest BCUT2D eigenvalue weighted by molar-refractivity contribution is 6.02. The number of phenols is 1. The second-order valence-corrected chi connectivity index (χ2v) is 4.80. The molecule has 1 aliphatic rings. The van der Waals surface area contributed by atoms with E-state index in [1.165, 1.54) is 5.56 Å². The lowest BCUT2D eigenvalue weighted by atomic mass is 9.99. The van der Waals surface area contributed by atoms with Crippen LogP contribution in [0.2, 0.25) is 0 Å². The number of phenolic OH excluding ortho intramolecular Hbond substituents is 1. The van der Waals surface area contributed by atoms with Crippen molar-refractivity contribution in [2.45, 2.75) is 12.5 Å². The first-order chi connectivity index (χ1) is 9.24. The molecule has 0 aromatic heterocycles. The summed E-state index contributed by atoms with van der Waals surface area (Å²) in [6, 6.07) is 17.9. The first-order valence-corrected chi connectivity index (χ1v) is 6.39. The maximum atomic E-state index is 9.55. The van der Waals surface area contributed by atoms with Crippen molar-refractivity contribution >= 4 is 5.71 Å². The van der Waals surface area contributed by atoms with Crippen LogP contribution >= 0.6 is 0 Å². The van der Waals surface area contributed by atoms with Crippen LogP contribution in [0.5, 0.6) is 5.75 Å². The predicted octanol–water partition coefficient (Wildman–Crippen LogP) is 3.17. The van der Waals surface area contributed by atoms with Crippen molar-refractivity contribution in [1.82, 2.24) is 5.01 Å². The summed E-state index contributed by atoms with van der Waals surface area (Å²) in [7, 11) is 1.99. The Kier molecular flexibility index (Phi) is 2.95. The maximum Gasteiger partial charge on any atom is 0.116 e. The summed E-state index contributed by atoms with van der Waals surface area (Å²) >= 11 is 0. The monoisotopic (exact) mass is 252 g/mol. The van der Waals surface area contributed by atoms with Crippen molar-refractivity contribution in [3.8, 4) is 5.75 Å². The number of hydrogen-bond donors (Lipinski definition) is 1. The molecule has 3 heteroatoms. The highest BCUT2D eigenvalue weighted by atomic mass is 16.3. The van der Waals surface area contributed by atoms with Gasteiger partial charge in [0.25, 0.3) is 0 Å². The second-order valence-electron chi connectivity index (χ2n) is 4.80. The van der Waals surface area contributed by atoms with Gasteiger partial charge in [0.05, 0.1) is 11.8 Å². The molecule has 2 aromatic rings. The number of benzene rings is 2. The molecule has 0 spiro atoms. The summed E-state index contributed by atoms with van der Waals surface area (Å²) in [4.78, 5) is 0. The summed E-state index contributed by atoms with van der Waals surface area (Å²) in [5.41, 5.74) is 3.28. The summed E-state index contributed by atoms with van der Waals surface area (Å²) < 4.78 is 0. The summed E-state index contributed by atoms with van der Waals surface area (Å²) in [6.07, 6.45) is 0.865. The number of nitrogens with zero attached hydrogens (tertiary/aromatic N) is 2. The molecule has 1 aliphatic heterocycles. The van der Waals surface area contributed by atoms with Gasteiger partial charge in [0.1, 0.15) is 5.75 Å². The smallest absolute Gasteiger partial charge is 0.116 e. The Morgan fingerprint density at radius 1 is 1.11 bits per heavy atom. The molecule has 3 nitrogen and oxygen atoms in total. The van der Waals surface area contributed by atoms with Gasteiger partial charge < -0.3 is 5.11 Å². The highest BCUT2D eigenvalue weighted by Gasteiger charge is 2.25. The van der Waals surface area contributed by atoms with Crippen LogP contribution in [-0.4, -0.2) is 22.9 Å². The third-order valence-electron chi connectivity index (χ3n) is 3.48. The third kappa shape index (κ3) is 2.32. The third-order valence-corrected chi connectivity index (χ3v) is 3.48. The van der Waals surface area contributed by atoms with Gasteiger partial charge in [0.2, 0.25) is 0 Å². The molecule has 2 aromatic carbocycles. The zero-order valence-electron chi connectivity index (χ0n) is 10.8. The van der Waals surface area contributed by atoms with Crippen LogP contribution in [0.1, 0.15) is 23.6 Å². The van der Waals surface area contributed by atoms with Crippen molar-refractivity contribution in [3.05, 3.63) is 65.7 Å². The van der Waals surface area contributed by atoms with Gasteiger partial charge in [-0.2, -0.15) is 5.10 Å². The van der Waals surface area contributed by atoms with Crippen LogP contribution in [0.4, 0.5) is 0 Å². The molecule has 3 rings (SSSR count). The summed E-state index contributed by atoms with van der Waals surface area (Å²) in [6.45, 7) is 0. The van der Waals surface area contributed by atoms with E-state index in [1.54, 1.807) is 12.1 Å². The Morgan fingerprint density at radius 3 is 2.63 bits per heavy atom. The van der Waals surface area contributed by atoms with Gasteiger partial charge in [-0.1, -0.05) is 42.5 Å². The minimum atomic E-state index is 0.276. The minimum Gasteiger partial charge on any atom is -0.508 e. The molecule has 0 bridgehead atoms. The molecule has 0 radical (unpaired) electrons. The molecule has 1 unspecified atom stereocenters. The average Bonchev–Trinajstić information content (AvgIpc) is 2.82. The summed E-state index contributed by atoms with van der Waals surface area (Å²) in [5, 5.41) is 16.1. The number of hydrogen-bond acceptors (Lipinski definition) is 3. The molecule has 1 heterocycles. The van der Waals surface area contributed by atoms with Crippen molar-refractivity contribution < 1.29 is 5.11 Å². The Labute approximate surface area is 112 Å². The normalized spacial score (nSPS) is 18.5. The van der Waals surface area contributed by atoms with Gasteiger partial charge in [0.15, 0.2) is 0 Å². The largest absolute Gasteiger partial charge is 0.508 e. The molecular weight excluding hydrogens is 236 g/mol. The zero-order chi connectivity index (χ0) is 13.2. The maximum absolute atomic E-state index is 9.55. The second kappa shape index (κ2) is 4.76. The van der Waals surface area contributed by atoms with Crippen LogP contribution < -0.4 is 0 Å². The zero-order valence-corrected chi connectivity index (χ0v) is 10.8. The molecule has 0 amide bonds. The SMILES string of the molecule is CN1N=C(c2cccc(O)c2)CC1c1ccccc1. The lowest BCUT2D eigenvalue weighted by Gasteiger charge is -2.18. The van der Waals surface area contributed by atoms with Crippen molar-refractivity contribution in [3.63, 3.8) is 0 Å². The highest BCUT2D eigenvalue weighted by Crippen LogP contribution is 2.31. The number of rotatable bonds is 2. The Morgan fingerprint density at radius 2 is 1.89 bits per heavy atom. The minimum absolute atomic E-state index is 0.276. The van der Waals surface area contributed by atoms with Gasteiger partial charge in [-0.3, -0.25) is 5.01 Å². The number of hydrazone groups is 1. The van der Waals surface area contributed by atoms with E-state index in [4.69, 9.17) is 0 Å². The summed E-state index contributed by atoms with van der Waals surface area (Å²) in [5.74, 6) is 0.283. The molecular formula is C16H16N2O. The van der Waals surface area contributed by atoms with E-state index in [0.717, 1.165) is 17.7 Å². The van der Waals surface area contributed by atoms with E-state index in [1.807, 2.05) is 30.3 Å². The fourth-order valence-corrected chi connectivity index (χ4v) is 2.49. The fourth-order valence-electron chi connectivity index (χ4n) is 2.49. The molecule has 0 saturated carbocycles. The molecule has 0 fully saturated rings. The van der Waals surface area contributed by atoms with Crippen LogP contribution in [0, 0.1) is 0 Å². The van der Waals surface area contributed by atoms with Crippen LogP contribution in [-0.2, 0) is 0 Å². The van der Waals surface area contributed by atoms with Gasteiger partial charge in [0, 0.05) is 19.0 Å². The average molecular weight is 252 g/mol. The first-order valence-electron chi connectivity index (χ1n) is 6.39. The van der Waals surface area contributed by atoms with Gasteiger partial charge in [-0.15, -0.1) is 0 Å². The molecule has 19 heavy (non-hydrogen) atoms. The predicted molar refractivity (Wildman–Crippen MR) is 76.2 cm³/mol. The standard InChI is InChI=1S/C16H16N2O/c1-18-16(12-6-3-2-4-7-12)11-15(17-18)13-8-5-9-14(19)10-13/h2-10,16,19H,11H2,1H3. The van der Waals surface area contributed by atoms with Gasteiger partial charge in [-0.05, 0) is 17.7 Å². The van der Waals surface area contributed by atoms with Crippen LogP contribution in [0.3, 0.4) is 0 Å². The van der Waals surface area contributed by atoms with E-state index < -0.39 is 0 Å². The molecule has 0 saturated heterocycles. The number of aromatic hydroxyl groups is 1. The van der Waals surface area contributed by atoms with E-state index >= 15 is 0 Å². The Balaban J connectivity index is 1.86. The Hall–Kier alpha value is -2.29. The Bertz CT molecular complexity index is 607. The fraction of sp³-hybridized carbons (Fsp3) is 0.188. The molecule has 0 aliphatic carbocycles. The lowest BCUT2D eigenvalue weighted by Crippen LogP contribution is -2.13. The van der Waals surface area contributed by atoms with Crippen LogP contribution in [0.15, 0.2) is 59.7 Å². The van der Waals surface area contributed by atoms with Crippen molar-refractivity contribution in [2.24, 2.45) is 5.10 Å². The van der Waals surface area contributed by atoms with E-state index in [9.17, 15) is 5.11 Å². The quantitative estimate of drug-likeness (QED) is 0.891. The van der Waals surface area contributed by atoms with Crippen LogP contribution in [0.25, 0.3) is 0 Å². The topological polar surface area (TPSA) is 35.8 Å². The lowest BCUT2D eigenvalue weighted by molar-refractivity contribution is 0.290. The van der Waals surface area contributed by atoms with Crippen molar-refractivity contribution in [1.29, 1.82) is 0 Å². The van der Waals surface area contributed by atoms with Gasteiger partial charge >= 0.3 is 0 Å². The first kappa shape index (κ1) is 11.8. The van der Waals surface area contributed by atoms with Gasteiger partial charge in [-0.25, -0.2) is 0 Å². The molecule has 1 atom stereocenters. The molecule has 1 N–H and O–H groups in total. The molecule has 96 valence electrons. The van der Waals surface area contributed by atoms with Crippen molar-refractivity contribution in [2.75, 3.05) is 7.05 Å².